The molecule has 1 aliphatic rings. The molecule has 4 rings (SSSR count). The SMILES string of the molecule is c1ccn2cc(CNC3CCCc4occc43)nc2c1. The second kappa shape index (κ2) is 4.80. The lowest BCUT2D eigenvalue weighted by Gasteiger charge is -2.22. The lowest BCUT2D eigenvalue weighted by Crippen LogP contribution is -2.24. The number of hydrogen-bond donors (Lipinski definition) is 1. The van der Waals surface area contributed by atoms with Gasteiger partial charge < -0.3 is 14.1 Å². The molecule has 0 saturated carbocycles. The van der Waals surface area contributed by atoms with E-state index in [2.05, 4.69) is 27.0 Å². The van der Waals surface area contributed by atoms with Gasteiger partial charge in [-0.1, -0.05) is 6.07 Å². The van der Waals surface area contributed by atoms with Crippen LogP contribution in [0.1, 0.15) is 35.9 Å². The number of nitrogens with zero attached hydrogens (tertiary/aromatic N) is 2. The first-order valence-corrected chi connectivity index (χ1v) is 7.12. The topological polar surface area (TPSA) is 42.5 Å². The third kappa shape index (κ3) is 2.02. The van der Waals surface area contributed by atoms with Gasteiger partial charge in [-0.15, -0.1) is 0 Å². The average Bonchev–Trinajstić information content (AvgIpc) is 3.11. The Morgan fingerprint density at radius 3 is 3.30 bits per heavy atom. The maximum absolute atomic E-state index is 5.53. The number of furan rings is 1. The van der Waals surface area contributed by atoms with Gasteiger partial charge in [0.1, 0.15) is 11.4 Å². The molecule has 102 valence electrons. The van der Waals surface area contributed by atoms with E-state index in [9.17, 15) is 0 Å². The minimum absolute atomic E-state index is 0.391. The van der Waals surface area contributed by atoms with Crippen LogP contribution in [0.5, 0.6) is 0 Å². The first-order chi connectivity index (χ1) is 9.90. The molecule has 3 aromatic heterocycles. The van der Waals surface area contributed by atoms with Crippen LogP contribution in [0.2, 0.25) is 0 Å². The van der Waals surface area contributed by atoms with E-state index >= 15 is 0 Å². The van der Waals surface area contributed by atoms with Crippen LogP contribution in [-0.2, 0) is 13.0 Å². The summed E-state index contributed by atoms with van der Waals surface area (Å²) in [6.45, 7) is 0.789. The van der Waals surface area contributed by atoms with E-state index in [1.807, 2.05) is 24.4 Å². The van der Waals surface area contributed by atoms with Crippen molar-refractivity contribution < 1.29 is 4.42 Å². The molecule has 3 heterocycles. The van der Waals surface area contributed by atoms with Crippen molar-refractivity contribution in [3.63, 3.8) is 0 Å². The minimum atomic E-state index is 0.391. The number of aromatic nitrogens is 2. The monoisotopic (exact) mass is 267 g/mol. The number of fused-ring (bicyclic) bond motifs is 2. The fourth-order valence-corrected chi connectivity index (χ4v) is 3.00. The molecule has 3 aromatic rings. The summed E-state index contributed by atoms with van der Waals surface area (Å²) in [5.41, 5.74) is 3.39. The van der Waals surface area contributed by atoms with E-state index in [4.69, 9.17) is 4.42 Å². The molecule has 1 atom stereocenters. The Kier molecular flexibility index (Phi) is 2.81. The molecule has 4 nitrogen and oxygen atoms in total. The van der Waals surface area contributed by atoms with Crippen LogP contribution in [-0.4, -0.2) is 9.38 Å². The summed E-state index contributed by atoms with van der Waals surface area (Å²) in [5, 5.41) is 3.61. The van der Waals surface area contributed by atoms with E-state index in [0.717, 1.165) is 30.1 Å². The summed E-state index contributed by atoms with van der Waals surface area (Å²) in [6, 6.07) is 8.54. The number of imidazole rings is 1. The van der Waals surface area contributed by atoms with E-state index in [1.165, 1.54) is 18.4 Å². The Morgan fingerprint density at radius 1 is 1.35 bits per heavy atom. The number of hydrogen-bond acceptors (Lipinski definition) is 3. The van der Waals surface area contributed by atoms with Crippen molar-refractivity contribution in [1.82, 2.24) is 14.7 Å². The quantitative estimate of drug-likeness (QED) is 0.793. The Morgan fingerprint density at radius 2 is 2.35 bits per heavy atom. The van der Waals surface area contributed by atoms with Gasteiger partial charge in [0.2, 0.25) is 0 Å². The van der Waals surface area contributed by atoms with Crippen LogP contribution in [0.15, 0.2) is 47.3 Å². The fraction of sp³-hybridized carbons (Fsp3) is 0.312. The van der Waals surface area contributed by atoms with Crippen molar-refractivity contribution in [2.24, 2.45) is 0 Å². The zero-order valence-electron chi connectivity index (χ0n) is 11.2. The highest BCUT2D eigenvalue weighted by molar-refractivity contribution is 5.39. The fourth-order valence-electron chi connectivity index (χ4n) is 3.00. The standard InChI is InChI=1S/C16H17N3O/c1-2-8-19-11-12(18-16(19)6-1)10-17-14-4-3-5-15-13(14)7-9-20-15/h1-2,6-9,11,14,17H,3-5,10H2. The van der Waals surface area contributed by atoms with Crippen LogP contribution >= 0.6 is 0 Å². The lowest BCUT2D eigenvalue weighted by molar-refractivity contribution is 0.409. The highest BCUT2D eigenvalue weighted by Crippen LogP contribution is 2.30. The van der Waals surface area contributed by atoms with Crippen LogP contribution in [0.3, 0.4) is 0 Å². The Labute approximate surface area is 117 Å². The maximum atomic E-state index is 5.53. The predicted octanol–water partition coefficient (Wildman–Crippen LogP) is 3.09. The molecule has 0 fully saturated rings. The number of nitrogens with one attached hydrogen (secondary N) is 1. The highest BCUT2D eigenvalue weighted by Gasteiger charge is 2.22. The van der Waals surface area contributed by atoms with Gasteiger partial charge in [-0.05, 0) is 31.0 Å². The van der Waals surface area contributed by atoms with Crippen molar-refractivity contribution in [2.45, 2.75) is 31.8 Å². The molecule has 1 aliphatic carbocycles. The third-order valence-corrected chi connectivity index (χ3v) is 4.00. The Bertz CT molecular complexity index is 695. The highest BCUT2D eigenvalue weighted by atomic mass is 16.3. The van der Waals surface area contributed by atoms with Gasteiger partial charge in [-0.25, -0.2) is 4.98 Å². The Balaban J connectivity index is 1.51. The van der Waals surface area contributed by atoms with E-state index in [-0.39, 0.29) is 0 Å². The zero-order chi connectivity index (χ0) is 13.4. The molecule has 0 radical (unpaired) electrons. The van der Waals surface area contributed by atoms with Crippen molar-refractivity contribution in [3.8, 4) is 0 Å². The van der Waals surface area contributed by atoms with Crippen molar-refractivity contribution >= 4 is 5.65 Å². The first kappa shape index (κ1) is 11.7. The number of rotatable bonds is 3. The summed E-state index contributed by atoms with van der Waals surface area (Å²) in [5.74, 6) is 1.14. The molecule has 0 amide bonds. The number of aryl methyl sites for hydroxylation is 1. The molecule has 1 unspecified atom stereocenters. The zero-order valence-corrected chi connectivity index (χ0v) is 11.2. The summed E-state index contributed by atoms with van der Waals surface area (Å²) < 4.78 is 7.58. The van der Waals surface area contributed by atoms with Crippen LogP contribution in [0.25, 0.3) is 5.65 Å². The summed E-state index contributed by atoms with van der Waals surface area (Å²) in [7, 11) is 0. The maximum Gasteiger partial charge on any atom is 0.137 e. The second-order valence-electron chi connectivity index (χ2n) is 5.32. The second-order valence-corrected chi connectivity index (χ2v) is 5.32. The molecule has 0 saturated heterocycles. The Hall–Kier alpha value is -2.07. The summed E-state index contributed by atoms with van der Waals surface area (Å²) >= 11 is 0. The molecule has 20 heavy (non-hydrogen) atoms. The first-order valence-electron chi connectivity index (χ1n) is 7.12. The van der Waals surface area contributed by atoms with Gasteiger partial charge >= 0.3 is 0 Å². The van der Waals surface area contributed by atoms with E-state index in [0.29, 0.717) is 6.04 Å². The molecule has 4 heteroatoms. The van der Waals surface area contributed by atoms with Crippen LogP contribution in [0.4, 0.5) is 0 Å². The molecular formula is C16H17N3O. The van der Waals surface area contributed by atoms with Crippen molar-refractivity contribution in [3.05, 3.63) is 59.9 Å². The smallest absolute Gasteiger partial charge is 0.137 e. The lowest BCUT2D eigenvalue weighted by atomic mass is 9.93. The minimum Gasteiger partial charge on any atom is -0.469 e. The van der Waals surface area contributed by atoms with Gasteiger partial charge in [0.25, 0.3) is 0 Å². The number of pyridine rings is 1. The van der Waals surface area contributed by atoms with Gasteiger partial charge in [-0.3, -0.25) is 0 Å². The van der Waals surface area contributed by atoms with Gasteiger partial charge in [0.05, 0.1) is 12.0 Å². The van der Waals surface area contributed by atoms with E-state index in [1.54, 1.807) is 6.26 Å². The molecule has 0 bridgehead atoms. The van der Waals surface area contributed by atoms with Gasteiger partial charge in [-0.2, -0.15) is 0 Å². The average molecular weight is 267 g/mol. The molecule has 1 N–H and O–H groups in total. The predicted molar refractivity (Wildman–Crippen MR) is 76.4 cm³/mol. The van der Waals surface area contributed by atoms with Crippen molar-refractivity contribution in [1.29, 1.82) is 0 Å². The third-order valence-electron chi connectivity index (χ3n) is 4.00. The molecular weight excluding hydrogens is 250 g/mol. The van der Waals surface area contributed by atoms with Crippen LogP contribution in [0, 0.1) is 0 Å². The molecule has 0 aliphatic heterocycles. The summed E-state index contributed by atoms with van der Waals surface area (Å²) in [4.78, 5) is 4.62. The summed E-state index contributed by atoms with van der Waals surface area (Å²) in [6.07, 6.45) is 9.33. The molecule has 0 spiro atoms. The normalized spacial score (nSPS) is 18.3. The van der Waals surface area contributed by atoms with Gasteiger partial charge in [0, 0.05) is 37.0 Å². The van der Waals surface area contributed by atoms with Gasteiger partial charge in [0.15, 0.2) is 0 Å². The van der Waals surface area contributed by atoms with Crippen LogP contribution < -0.4 is 5.32 Å². The van der Waals surface area contributed by atoms with Crippen molar-refractivity contribution in [2.75, 3.05) is 0 Å². The largest absolute Gasteiger partial charge is 0.469 e. The van der Waals surface area contributed by atoms with E-state index < -0.39 is 0 Å². The molecule has 0 aromatic carbocycles.